The quantitative estimate of drug-likeness (QED) is 0.488. The van der Waals surface area contributed by atoms with E-state index in [9.17, 15) is 0 Å². The average molecular weight is 279 g/mol. The van der Waals surface area contributed by atoms with E-state index in [1.807, 2.05) is 71.9 Å². The van der Waals surface area contributed by atoms with Crippen molar-refractivity contribution in [2.24, 2.45) is 0 Å². The van der Waals surface area contributed by atoms with E-state index in [0.717, 1.165) is 6.42 Å². The lowest BCUT2D eigenvalue weighted by Gasteiger charge is -1.86. The third kappa shape index (κ3) is 30.1. The van der Waals surface area contributed by atoms with Crippen molar-refractivity contribution in [3.63, 3.8) is 0 Å². The van der Waals surface area contributed by atoms with Crippen LogP contribution in [0.25, 0.3) is 0 Å². The minimum atomic E-state index is 1.13. The molecule has 0 aliphatic rings. The summed E-state index contributed by atoms with van der Waals surface area (Å²) < 4.78 is 0. The van der Waals surface area contributed by atoms with Gasteiger partial charge >= 0.3 is 0 Å². The molecule has 0 heteroatoms. The summed E-state index contributed by atoms with van der Waals surface area (Å²) in [5.74, 6) is 0. The summed E-state index contributed by atoms with van der Waals surface area (Å²) >= 11 is 0. The Kier molecular flexibility index (Phi) is 41.5. The lowest BCUT2D eigenvalue weighted by atomic mass is 10.2. The summed E-state index contributed by atoms with van der Waals surface area (Å²) in [6.07, 6.45) is 4.98. The highest BCUT2D eigenvalue weighted by Crippen LogP contribution is 1.95. The molecule has 0 saturated carbocycles. The van der Waals surface area contributed by atoms with Gasteiger partial charge in [-0.25, -0.2) is 0 Å². The van der Waals surface area contributed by atoms with Crippen LogP contribution >= 0.6 is 0 Å². The minimum absolute atomic E-state index is 1.13. The minimum Gasteiger partial charge on any atom is -0.0991 e. The van der Waals surface area contributed by atoms with E-state index < -0.39 is 0 Å². The maximum Gasteiger partial charge on any atom is -0.0349 e. The van der Waals surface area contributed by atoms with Gasteiger partial charge in [0, 0.05) is 0 Å². The Balaban J connectivity index is -0.0000000933. The largest absolute Gasteiger partial charge is 0.0991 e. The number of hydrogen-bond donors (Lipinski definition) is 0. The normalized spacial score (nSPS) is 7.95. The van der Waals surface area contributed by atoms with E-state index in [4.69, 9.17) is 0 Å². The molecular weight excluding hydrogens is 240 g/mol. The molecule has 0 amide bonds. The summed E-state index contributed by atoms with van der Waals surface area (Å²) in [5.41, 5.74) is 2.71. The fourth-order valence-corrected chi connectivity index (χ4v) is 0.853. The predicted molar refractivity (Wildman–Crippen MR) is 99.5 cm³/mol. The highest BCUT2D eigenvalue weighted by molar-refractivity contribution is 5.11. The summed E-state index contributed by atoms with van der Waals surface area (Å²) in [7, 11) is 0. The van der Waals surface area contributed by atoms with Gasteiger partial charge in [-0.15, -0.1) is 0 Å². The molecule has 0 unspecified atom stereocenters. The monoisotopic (exact) mass is 278 g/mol. The van der Waals surface area contributed by atoms with Gasteiger partial charge < -0.3 is 0 Å². The second-order valence-corrected chi connectivity index (χ2v) is 3.26. The first-order valence-electron chi connectivity index (χ1n) is 8.00. The third-order valence-corrected chi connectivity index (χ3v) is 1.90. The molecule has 0 N–H and O–H groups in total. The van der Waals surface area contributed by atoms with Crippen LogP contribution in [0, 0.1) is 6.92 Å². The van der Waals surface area contributed by atoms with Crippen molar-refractivity contribution in [2.75, 3.05) is 0 Å². The number of rotatable bonds is 2. The summed E-state index contributed by atoms with van der Waals surface area (Å²) in [6.45, 7) is 21.9. The van der Waals surface area contributed by atoms with Crippen LogP contribution < -0.4 is 0 Å². The van der Waals surface area contributed by atoms with E-state index in [1.54, 1.807) is 0 Å². The second-order valence-electron chi connectivity index (χ2n) is 3.26. The number of benzene rings is 1. The Morgan fingerprint density at radius 1 is 0.950 bits per heavy atom. The SMILES string of the molecule is C=C/C=C(\C)CC.CC.CC.CC.Cc1ccccc1. The fourth-order valence-electron chi connectivity index (χ4n) is 0.853. The highest BCUT2D eigenvalue weighted by atomic mass is 13.8. The zero-order chi connectivity index (χ0) is 16.8. The van der Waals surface area contributed by atoms with Gasteiger partial charge in [0.1, 0.15) is 0 Å². The Morgan fingerprint density at radius 2 is 1.35 bits per heavy atom. The first-order valence-corrected chi connectivity index (χ1v) is 8.00. The molecule has 118 valence electrons. The van der Waals surface area contributed by atoms with Crippen LogP contribution in [0.2, 0.25) is 0 Å². The zero-order valence-electron chi connectivity index (χ0n) is 15.5. The van der Waals surface area contributed by atoms with Crippen molar-refractivity contribution in [3.8, 4) is 0 Å². The molecule has 0 spiro atoms. The maximum atomic E-state index is 3.57. The van der Waals surface area contributed by atoms with Crippen molar-refractivity contribution in [2.45, 2.75) is 68.7 Å². The van der Waals surface area contributed by atoms with Gasteiger partial charge in [-0.1, -0.05) is 109 Å². The Bertz CT molecular complexity index is 267. The number of hydrogen-bond acceptors (Lipinski definition) is 0. The molecule has 0 atom stereocenters. The van der Waals surface area contributed by atoms with Crippen molar-refractivity contribution < 1.29 is 0 Å². The smallest absolute Gasteiger partial charge is 0.0349 e. The zero-order valence-corrected chi connectivity index (χ0v) is 15.5. The maximum absolute atomic E-state index is 3.57. The standard InChI is InChI=1S/C7H8.C7H12.3C2H6/c1-7-5-3-2-4-6-7;1-4-6-7(3)5-2;3*1-2/h2-6H,1H3;4,6H,1,5H2,2-3H3;3*1-2H3/b;7-6+;;;. The van der Waals surface area contributed by atoms with E-state index >= 15 is 0 Å². The van der Waals surface area contributed by atoms with Crippen molar-refractivity contribution in [3.05, 3.63) is 60.2 Å². The summed E-state index contributed by atoms with van der Waals surface area (Å²) in [6, 6.07) is 10.3. The third-order valence-electron chi connectivity index (χ3n) is 1.90. The molecule has 1 aromatic rings. The highest BCUT2D eigenvalue weighted by Gasteiger charge is 1.74. The van der Waals surface area contributed by atoms with Gasteiger partial charge in [0.15, 0.2) is 0 Å². The van der Waals surface area contributed by atoms with Gasteiger partial charge in [-0.3, -0.25) is 0 Å². The molecule has 0 nitrogen and oxygen atoms in total. The predicted octanol–water partition coefficient (Wildman–Crippen LogP) is 7.60. The molecule has 0 fully saturated rings. The molecule has 1 aromatic carbocycles. The van der Waals surface area contributed by atoms with Crippen LogP contribution in [0.15, 0.2) is 54.6 Å². The lowest BCUT2D eigenvalue weighted by Crippen LogP contribution is -1.65. The molecule has 0 aliphatic heterocycles. The number of aryl methyl sites for hydroxylation is 1. The fraction of sp³-hybridized carbons (Fsp3) is 0.500. The van der Waals surface area contributed by atoms with Gasteiger partial charge in [-0.2, -0.15) is 0 Å². The Labute approximate surface area is 129 Å². The van der Waals surface area contributed by atoms with Crippen molar-refractivity contribution >= 4 is 0 Å². The Morgan fingerprint density at radius 3 is 1.50 bits per heavy atom. The van der Waals surface area contributed by atoms with Crippen LogP contribution in [0.4, 0.5) is 0 Å². The molecule has 0 aromatic heterocycles. The Hall–Kier alpha value is -1.30. The first-order chi connectivity index (χ1) is 9.70. The summed E-state index contributed by atoms with van der Waals surface area (Å²) in [4.78, 5) is 0. The second kappa shape index (κ2) is 30.6. The lowest BCUT2D eigenvalue weighted by molar-refractivity contribution is 1.10. The van der Waals surface area contributed by atoms with Gasteiger partial charge in [0.05, 0.1) is 0 Å². The van der Waals surface area contributed by atoms with Crippen molar-refractivity contribution in [1.29, 1.82) is 0 Å². The van der Waals surface area contributed by atoms with Crippen LogP contribution in [-0.4, -0.2) is 0 Å². The van der Waals surface area contributed by atoms with E-state index in [-0.39, 0.29) is 0 Å². The molecule has 0 bridgehead atoms. The first kappa shape index (κ1) is 27.1. The van der Waals surface area contributed by atoms with Gasteiger partial charge in [0.25, 0.3) is 0 Å². The van der Waals surface area contributed by atoms with Crippen LogP contribution in [0.3, 0.4) is 0 Å². The van der Waals surface area contributed by atoms with Crippen LogP contribution in [-0.2, 0) is 0 Å². The van der Waals surface area contributed by atoms with E-state index in [2.05, 4.69) is 39.5 Å². The van der Waals surface area contributed by atoms with Crippen molar-refractivity contribution in [1.82, 2.24) is 0 Å². The number of allylic oxidation sites excluding steroid dienone is 3. The average Bonchev–Trinajstić information content (AvgIpc) is 2.55. The van der Waals surface area contributed by atoms with E-state index in [0.29, 0.717) is 0 Å². The molecule has 1 rings (SSSR count). The van der Waals surface area contributed by atoms with Gasteiger partial charge in [0.2, 0.25) is 0 Å². The molecule has 0 radical (unpaired) electrons. The molecular formula is C20H38. The van der Waals surface area contributed by atoms with Gasteiger partial charge in [-0.05, 0) is 20.3 Å². The topological polar surface area (TPSA) is 0 Å². The molecule has 0 heterocycles. The van der Waals surface area contributed by atoms with Crippen LogP contribution in [0.1, 0.15) is 67.4 Å². The molecule has 20 heavy (non-hydrogen) atoms. The molecule has 0 aliphatic carbocycles. The van der Waals surface area contributed by atoms with E-state index in [1.165, 1.54) is 11.1 Å². The van der Waals surface area contributed by atoms with Crippen LogP contribution in [0.5, 0.6) is 0 Å². The summed E-state index contributed by atoms with van der Waals surface area (Å²) in [5, 5.41) is 0. The molecule has 0 saturated heterocycles.